The molecule has 0 unspecified atom stereocenters. The number of alkyl halides is 3. The molecule has 1 fully saturated rings. The number of anilines is 1. The van der Waals surface area contributed by atoms with Crippen LogP contribution in [0.5, 0.6) is 0 Å². The number of rotatable bonds is 4. The highest BCUT2D eigenvalue weighted by atomic mass is 19.4. The van der Waals surface area contributed by atoms with Crippen LogP contribution in [0.3, 0.4) is 0 Å². The zero-order valence-electron chi connectivity index (χ0n) is 17.1. The highest BCUT2D eigenvalue weighted by Crippen LogP contribution is 2.30. The van der Waals surface area contributed by atoms with Crippen molar-refractivity contribution in [2.75, 3.05) is 5.32 Å². The van der Waals surface area contributed by atoms with E-state index in [1.54, 1.807) is 10.7 Å². The van der Waals surface area contributed by atoms with Crippen molar-refractivity contribution in [2.45, 2.75) is 57.8 Å². The van der Waals surface area contributed by atoms with Gasteiger partial charge in [0.05, 0.1) is 11.7 Å². The molecule has 0 aliphatic heterocycles. The molecule has 1 aliphatic carbocycles. The van der Waals surface area contributed by atoms with E-state index in [1.807, 2.05) is 19.9 Å². The van der Waals surface area contributed by atoms with E-state index < -0.39 is 11.9 Å². The van der Waals surface area contributed by atoms with E-state index in [-0.39, 0.29) is 23.6 Å². The Morgan fingerprint density at radius 1 is 1.06 bits per heavy atom. The maximum Gasteiger partial charge on any atom is 0.433 e. The van der Waals surface area contributed by atoms with Gasteiger partial charge in [-0.3, -0.25) is 4.79 Å². The average Bonchev–Trinajstić information content (AvgIpc) is 3.07. The van der Waals surface area contributed by atoms with Gasteiger partial charge in [-0.2, -0.15) is 18.3 Å². The van der Waals surface area contributed by atoms with Crippen molar-refractivity contribution in [1.29, 1.82) is 0 Å². The zero-order chi connectivity index (χ0) is 22.2. The summed E-state index contributed by atoms with van der Waals surface area (Å²) in [6.07, 6.45) is -0.794. The Morgan fingerprint density at radius 2 is 1.81 bits per heavy atom. The van der Waals surface area contributed by atoms with Crippen LogP contribution in [-0.4, -0.2) is 35.6 Å². The summed E-state index contributed by atoms with van der Waals surface area (Å²) in [5.74, 6) is 0.530. The minimum absolute atomic E-state index is 0.0416. The summed E-state index contributed by atoms with van der Waals surface area (Å²) in [5, 5.41) is 11.9. The summed E-state index contributed by atoms with van der Waals surface area (Å²) in [6, 6.07) is 5.75. The molecular formula is C20H22F3N7O. The number of aromatic nitrogens is 6. The topological polar surface area (TPSA) is 90.5 Å². The first-order valence-electron chi connectivity index (χ1n) is 10.0. The first-order valence-corrected chi connectivity index (χ1v) is 10.0. The van der Waals surface area contributed by atoms with E-state index in [2.05, 4.69) is 25.5 Å². The Bertz CT molecular complexity index is 1130. The number of hydrogen-bond acceptors (Lipinski definition) is 6. The molecule has 11 heteroatoms. The molecule has 8 nitrogen and oxygen atoms in total. The van der Waals surface area contributed by atoms with Gasteiger partial charge in [0, 0.05) is 24.0 Å². The van der Waals surface area contributed by atoms with Crippen molar-refractivity contribution in [3.63, 3.8) is 0 Å². The molecule has 0 bridgehead atoms. The summed E-state index contributed by atoms with van der Waals surface area (Å²) >= 11 is 0. The lowest BCUT2D eigenvalue weighted by Gasteiger charge is -2.29. The van der Waals surface area contributed by atoms with Crippen molar-refractivity contribution >= 4 is 5.95 Å². The van der Waals surface area contributed by atoms with Crippen molar-refractivity contribution < 1.29 is 13.2 Å². The monoisotopic (exact) mass is 433 g/mol. The second kappa shape index (κ2) is 8.12. The van der Waals surface area contributed by atoms with Crippen molar-refractivity contribution in [3.8, 4) is 5.82 Å². The Labute approximate surface area is 176 Å². The SMILES string of the molecule is Cc1cc(C)n(-c2ccc(=O)n(C3CCC(Nc4nccc(C(F)(F)F)n4)CC3)n2)n1. The summed E-state index contributed by atoms with van der Waals surface area (Å²) in [6.45, 7) is 3.81. The smallest absolute Gasteiger partial charge is 0.351 e. The summed E-state index contributed by atoms with van der Waals surface area (Å²) in [4.78, 5) is 19.9. The first-order chi connectivity index (χ1) is 14.7. The van der Waals surface area contributed by atoms with Crippen LogP contribution < -0.4 is 10.9 Å². The van der Waals surface area contributed by atoms with Crippen LogP contribution >= 0.6 is 0 Å². The molecule has 3 aromatic rings. The van der Waals surface area contributed by atoms with Crippen molar-refractivity contribution in [2.24, 2.45) is 0 Å². The molecule has 0 atom stereocenters. The lowest BCUT2D eigenvalue weighted by atomic mass is 9.91. The van der Waals surface area contributed by atoms with E-state index in [1.165, 1.54) is 10.7 Å². The van der Waals surface area contributed by atoms with Crippen LogP contribution in [0.25, 0.3) is 5.82 Å². The Hall–Kier alpha value is -3.24. The first kappa shape index (κ1) is 21.0. The highest BCUT2D eigenvalue weighted by Gasteiger charge is 2.33. The normalized spacial score (nSPS) is 19.4. The van der Waals surface area contributed by atoms with Gasteiger partial charge in [-0.15, -0.1) is 5.10 Å². The molecule has 164 valence electrons. The Balaban J connectivity index is 1.45. The molecule has 0 amide bonds. The maximum atomic E-state index is 12.8. The number of hydrogen-bond donors (Lipinski definition) is 1. The van der Waals surface area contributed by atoms with Crippen LogP contribution in [0, 0.1) is 13.8 Å². The molecular weight excluding hydrogens is 411 g/mol. The number of aryl methyl sites for hydroxylation is 2. The third-order valence-electron chi connectivity index (χ3n) is 5.36. The zero-order valence-corrected chi connectivity index (χ0v) is 17.1. The summed E-state index contributed by atoms with van der Waals surface area (Å²) in [5.41, 5.74) is 0.614. The molecule has 1 N–H and O–H groups in total. The molecule has 0 saturated heterocycles. The second-order valence-electron chi connectivity index (χ2n) is 7.73. The molecule has 1 aliphatic rings. The highest BCUT2D eigenvalue weighted by molar-refractivity contribution is 5.28. The van der Waals surface area contributed by atoms with Gasteiger partial charge in [0.15, 0.2) is 5.82 Å². The lowest BCUT2D eigenvalue weighted by Crippen LogP contribution is -2.34. The van der Waals surface area contributed by atoms with Crippen LogP contribution in [0.15, 0.2) is 35.3 Å². The quantitative estimate of drug-likeness (QED) is 0.678. The van der Waals surface area contributed by atoms with Crippen molar-refractivity contribution in [1.82, 2.24) is 29.5 Å². The number of nitrogens with zero attached hydrogens (tertiary/aromatic N) is 6. The van der Waals surface area contributed by atoms with Crippen LogP contribution in [0.2, 0.25) is 0 Å². The molecule has 0 aromatic carbocycles. The average molecular weight is 433 g/mol. The van der Waals surface area contributed by atoms with E-state index >= 15 is 0 Å². The predicted molar refractivity (Wildman–Crippen MR) is 107 cm³/mol. The van der Waals surface area contributed by atoms with E-state index in [0.29, 0.717) is 31.5 Å². The third kappa shape index (κ3) is 4.59. The predicted octanol–water partition coefficient (Wildman–Crippen LogP) is 3.45. The van der Waals surface area contributed by atoms with Gasteiger partial charge in [0.2, 0.25) is 5.95 Å². The van der Waals surface area contributed by atoms with Gasteiger partial charge < -0.3 is 5.32 Å². The second-order valence-corrected chi connectivity index (χ2v) is 7.73. The molecule has 3 aromatic heterocycles. The van der Waals surface area contributed by atoms with Gasteiger partial charge in [-0.25, -0.2) is 19.3 Å². The minimum Gasteiger partial charge on any atom is -0.351 e. The van der Waals surface area contributed by atoms with Gasteiger partial charge in [0.25, 0.3) is 5.56 Å². The minimum atomic E-state index is -4.51. The fraction of sp³-hybridized carbons (Fsp3) is 0.450. The van der Waals surface area contributed by atoms with E-state index in [4.69, 9.17) is 0 Å². The van der Waals surface area contributed by atoms with Crippen molar-refractivity contribution in [3.05, 3.63) is 57.9 Å². The van der Waals surface area contributed by atoms with Gasteiger partial charge in [0.1, 0.15) is 5.69 Å². The third-order valence-corrected chi connectivity index (χ3v) is 5.36. The largest absolute Gasteiger partial charge is 0.433 e. The number of halogens is 3. The standard InChI is InChI=1S/C20H22F3N7O/c1-12-11-13(2)29(27-12)17-7-8-18(31)30(28-17)15-5-3-14(4-6-15)25-19-24-10-9-16(26-19)20(21,22)23/h7-11,14-15H,3-6H2,1-2H3,(H,24,25,26). The van der Waals surface area contributed by atoms with E-state index in [9.17, 15) is 18.0 Å². The molecule has 3 heterocycles. The molecule has 4 rings (SSSR count). The van der Waals surface area contributed by atoms with Crippen LogP contribution in [-0.2, 0) is 6.18 Å². The summed E-state index contributed by atoms with van der Waals surface area (Å²) < 4.78 is 41.7. The molecule has 0 spiro atoms. The van der Waals surface area contributed by atoms with Gasteiger partial charge in [-0.05, 0) is 57.7 Å². The Kier molecular flexibility index (Phi) is 5.50. The lowest BCUT2D eigenvalue weighted by molar-refractivity contribution is -0.141. The fourth-order valence-corrected chi connectivity index (χ4v) is 3.88. The van der Waals surface area contributed by atoms with Gasteiger partial charge in [-0.1, -0.05) is 0 Å². The van der Waals surface area contributed by atoms with E-state index in [0.717, 1.165) is 23.7 Å². The van der Waals surface area contributed by atoms with Gasteiger partial charge >= 0.3 is 6.18 Å². The van der Waals surface area contributed by atoms with Crippen LogP contribution in [0.1, 0.15) is 48.8 Å². The summed E-state index contributed by atoms with van der Waals surface area (Å²) in [7, 11) is 0. The molecule has 31 heavy (non-hydrogen) atoms. The Morgan fingerprint density at radius 3 is 2.45 bits per heavy atom. The maximum absolute atomic E-state index is 12.8. The molecule has 0 radical (unpaired) electrons. The van der Waals surface area contributed by atoms with Crippen LogP contribution in [0.4, 0.5) is 19.1 Å². The number of nitrogens with one attached hydrogen (secondary N) is 1. The fourth-order valence-electron chi connectivity index (χ4n) is 3.88. The molecule has 1 saturated carbocycles.